The maximum absolute atomic E-state index is 13.5. The summed E-state index contributed by atoms with van der Waals surface area (Å²) >= 11 is 0. The highest BCUT2D eigenvalue weighted by molar-refractivity contribution is 5.92. The SMILES string of the molecule is Nc1cc(N2CCOCC2)cc2c1ncn2-c1cccc(F)c1. The lowest BCUT2D eigenvalue weighted by atomic mass is 10.2. The number of nitrogen functional groups attached to an aromatic ring is 1. The molecule has 4 rings (SSSR count). The summed E-state index contributed by atoms with van der Waals surface area (Å²) in [6.07, 6.45) is 1.68. The number of rotatable bonds is 2. The molecule has 0 radical (unpaired) electrons. The highest BCUT2D eigenvalue weighted by atomic mass is 19.1. The van der Waals surface area contributed by atoms with Gasteiger partial charge in [0, 0.05) is 18.8 Å². The van der Waals surface area contributed by atoms with Crippen molar-refractivity contribution in [3.63, 3.8) is 0 Å². The Morgan fingerprint density at radius 1 is 1.09 bits per heavy atom. The van der Waals surface area contributed by atoms with Gasteiger partial charge in [-0.2, -0.15) is 0 Å². The number of morpholine rings is 1. The fraction of sp³-hybridized carbons (Fsp3) is 0.235. The molecule has 1 aromatic heterocycles. The normalized spacial score (nSPS) is 15.3. The summed E-state index contributed by atoms with van der Waals surface area (Å²) in [5.41, 5.74) is 10.2. The number of anilines is 2. The van der Waals surface area contributed by atoms with E-state index in [-0.39, 0.29) is 5.82 Å². The summed E-state index contributed by atoms with van der Waals surface area (Å²) in [6.45, 7) is 3.08. The number of fused-ring (bicyclic) bond motifs is 1. The Bertz CT molecular complexity index is 855. The molecular formula is C17H17FN4O. The summed E-state index contributed by atoms with van der Waals surface area (Å²) in [5, 5.41) is 0. The first kappa shape index (κ1) is 14.0. The quantitative estimate of drug-likeness (QED) is 0.739. The molecule has 3 aromatic rings. The lowest BCUT2D eigenvalue weighted by Gasteiger charge is -2.29. The van der Waals surface area contributed by atoms with Crippen LogP contribution >= 0.6 is 0 Å². The van der Waals surface area contributed by atoms with Crippen LogP contribution in [0.15, 0.2) is 42.7 Å². The van der Waals surface area contributed by atoms with Crippen molar-refractivity contribution >= 4 is 22.4 Å². The van der Waals surface area contributed by atoms with E-state index in [0.717, 1.165) is 35.5 Å². The van der Waals surface area contributed by atoms with E-state index in [2.05, 4.69) is 16.0 Å². The van der Waals surface area contributed by atoms with Crippen LogP contribution in [-0.2, 0) is 4.74 Å². The van der Waals surface area contributed by atoms with E-state index in [1.807, 2.05) is 16.7 Å². The van der Waals surface area contributed by atoms with E-state index in [4.69, 9.17) is 10.5 Å². The second-order valence-corrected chi connectivity index (χ2v) is 5.60. The van der Waals surface area contributed by atoms with Crippen molar-refractivity contribution in [2.75, 3.05) is 36.9 Å². The number of benzene rings is 2. The van der Waals surface area contributed by atoms with Gasteiger partial charge >= 0.3 is 0 Å². The minimum atomic E-state index is -0.276. The first-order valence-electron chi connectivity index (χ1n) is 7.57. The van der Waals surface area contributed by atoms with E-state index in [0.29, 0.717) is 18.9 Å². The topological polar surface area (TPSA) is 56.3 Å². The molecule has 2 N–H and O–H groups in total. The molecule has 1 aliphatic heterocycles. The molecule has 2 heterocycles. The highest BCUT2D eigenvalue weighted by Crippen LogP contribution is 2.29. The average Bonchev–Trinajstić information content (AvgIpc) is 3.00. The molecular weight excluding hydrogens is 295 g/mol. The molecule has 1 fully saturated rings. The van der Waals surface area contributed by atoms with Crippen LogP contribution in [0.1, 0.15) is 0 Å². The standard InChI is InChI=1S/C17H17FN4O/c18-12-2-1-3-13(8-12)22-11-20-17-15(19)9-14(10-16(17)22)21-4-6-23-7-5-21/h1-3,8-11H,4-7,19H2. The van der Waals surface area contributed by atoms with Gasteiger partial charge < -0.3 is 15.4 Å². The zero-order chi connectivity index (χ0) is 15.8. The van der Waals surface area contributed by atoms with Crippen LogP contribution in [-0.4, -0.2) is 35.9 Å². The molecule has 0 atom stereocenters. The Hall–Kier alpha value is -2.60. The molecule has 0 saturated carbocycles. The van der Waals surface area contributed by atoms with Crippen molar-refractivity contribution in [3.8, 4) is 5.69 Å². The minimum Gasteiger partial charge on any atom is -0.397 e. The van der Waals surface area contributed by atoms with E-state index in [1.165, 1.54) is 12.1 Å². The van der Waals surface area contributed by atoms with Crippen LogP contribution in [0.3, 0.4) is 0 Å². The van der Waals surface area contributed by atoms with Crippen LogP contribution in [0.2, 0.25) is 0 Å². The fourth-order valence-corrected chi connectivity index (χ4v) is 2.96. The molecule has 6 heteroatoms. The van der Waals surface area contributed by atoms with Gasteiger partial charge in [-0.05, 0) is 30.3 Å². The molecule has 0 bridgehead atoms. The van der Waals surface area contributed by atoms with E-state index < -0.39 is 0 Å². The Morgan fingerprint density at radius 3 is 2.70 bits per heavy atom. The molecule has 5 nitrogen and oxygen atoms in total. The monoisotopic (exact) mass is 312 g/mol. The Balaban J connectivity index is 1.85. The second kappa shape index (κ2) is 5.55. The predicted molar refractivity (Wildman–Crippen MR) is 88.5 cm³/mol. The fourth-order valence-electron chi connectivity index (χ4n) is 2.96. The number of aromatic nitrogens is 2. The van der Waals surface area contributed by atoms with Crippen LogP contribution in [0.5, 0.6) is 0 Å². The summed E-state index contributed by atoms with van der Waals surface area (Å²) in [5.74, 6) is -0.276. The third kappa shape index (κ3) is 2.51. The third-order valence-corrected chi connectivity index (χ3v) is 4.13. The molecule has 118 valence electrons. The van der Waals surface area contributed by atoms with Gasteiger partial charge in [0.05, 0.1) is 30.1 Å². The Labute approximate surface area is 133 Å². The number of ether oxygens (including phenoxy) is 1. The molecule has 1 aliphatic rings. The molecule has 2 aromatic carbocycles. The van der Waals surface area contributed by atoms with Gasteiger partial charge in [-0.3, -0.25) is 4.57 Å². The summed E-state index contributed by atoms with van der Waals surface area (Å²) in [7, 11) is 0. The lowest BCUT2D eigenvalue weighted by molar-refractivity contribution is 0.122. The molecule has 1 saturated heterocycles. The Kier molecular flexibility index (Phi) is 3.38. The largest absolute Gasteiger partial charge is 0.397 e. The third-order valence-electron chi connectivity index (χ3n) is 4.13. The molecule has 0 aliphatic carbocycles. The van der Waals surface area contributed by atoms with Crippen LogP contribution in [0, 0.1) is 5.82 Å². The van der Waals surface area contributed by atoms with Gasteiger partial charge in [-0.25, -0.2) is 9.37 Å². The number of nitrogens with two attached hydrogens (primary N) is 1. The second-order valence-electron chi connectivity index (χ2n) is 5.60. The number of halogens is 1. The lowest BCUT2D eigenvalue weighted by Crippen LogP contribution is -2.36. The summed E-state index contributed by atoms with van der Waals surface area (Å²) in [4.78, 5) is 6.62. The molecule has 23 heavy (non-hydrogen) atoms. The molecule has 0 amide bonds. The summed E-state index contributed by atoms with van der Waals surface area (Å²) < 4.78 is 20.8. The zero-order valence-electron chi connectivity index (χ0n) is 12.6. The first-order chi connectivity index (χ1) is 11.2. The maximum Gasteiger partial charge on any atom is 0.125 e. The van der Waals surface area contributed by atoms with Crippen LogP contribution in [0.25, 0.3) is 16.7 Å². The summed E-state index contributed by atoms with van der Waals surface area (Å²) in [6, 6.07) is 10.4. The van der Waals surface area contributed by atoms with Gasteiger partial charge in [0.2, 0.25) is 0 Å². The van der Waals surface area contributed by atoms with Gasteiger partial charge in [-0.1, -0.05) is 6.07 Å². The van der Waals surface area contributed by atoms with Crippen molar-refractivity contribution in [1.29, 1.82) is 0 Å². The highest BCUT2D eigenvalue weighted by Gasteiger charge is 2.15. The van der Waals surface area contributed by atoms with E-state index in [9.17, 15) is 4.39 Å². The maximum atomic E-state index is 13.5. The van der Waals surface area contributed by atoms with Crippen molar-refractivity contribution in [2.45, 2.75) is 0 Å². The van der Waals surface area contributed by atoms with Gasteiger partial charge in [0.25, 0.3) is 0 Å². The van der Waals surface area contributed by atoms with Gasteiger partial charge in [0.1, 0.15) is 17.7 Å². The number of hydrogen-bond acceptors (Lipinski definition) is 4. The van der Waals surface area contributed by atoms with E-state index in [1.54, 1.807) is 12.4 Å². The Morgan fingerprint density at radius 2 is 1.91 bits per heavy atom. The number of imidazole rings is 1. The minimum absolute atomic E-state index is 0.276. The average molecular weight is 312 g/mol. The zero-order valence-corrected chi connectivity index (χ0v) is 12.6. The first-order valence-corrected chi connectivity index (χ1v) is 7.57. The van der Waals surface area contributed by atoms with E-state index >= 15 is 0 Å². The molecule has 0 spiro atoms. The number of hydrogen-bond donors (Lipinski definition) is 1. The van der Waals surface area contributed by atoms with Crippen molar-refractivity contribution in [2.24, 2.45) is 0 Å². The van der Waals surface area contributed by atoms with Crippen molar-refractivity contribution < 1.29 is 9.13 Å². The van der Waals surface area contributed by atoms with Gasteiger partial charge in [0.15, 0.2) is 0 Å². The van der Waals surface area contributed by atoms with Crippen LogP contribution < -0.4 is 10.6 Å². The van der Waals surface area contributed by atoms with Gasteiger partial charge in [-0.15, -0.1) is 0 Å². The molecule has 0 unspecified atom stereocenters. The van der Waals surface area contributed by atoms with Crippen molar-refractivity contribution in [3.05, 3.63) is 48.5 Å². The predicted octanol–water partition coefficient (Wildman–Crippen LogP) is 2.58. The smallest absolute Gasteiger partial charge is 0.125 e. The number of nitrogens with zero attached hydrogens (tertiary/aromatic N) is 3. The van der Waals surface area contributed by atoms with Crippen LogP contribution in [0.4, 0.5) is 15.8 Å². The van der Waals surface area contributed by atoms with Crippen molar-refractivity contribution in [1.82, 2.24) is 9.55 Å².